The molecule has 0 aromatic heterocycles. The summed E-state index contributed by atoms with van der Waals surface area (Å²) in [5.41, 5.74) is 0. The van der Waals surface area contributed by atoms with Crippen molar-refractivity contribution in [3.63, 3.8) is 0 Å². The highest BCUT2D eigenvalue weighted by Gasteiger charge is 2.44. The van der Waals surface area contributed by atoms with Gasteiger partial charge in [0.2, 0.25) is 5.91 Å². The molecule has 0 aliphatic carbocycles. The van der Waals surface area contributed by atoms with Gasteiger partial charge in [-0.25, -0.2) is 0 Å². The summed E-state index contributed by atoms with van der Waals surface area (Å²) in [5.74, 6) is -0.182. The molecule has 7 atom stereocenters. The number of aliphatic hydroxyl groups is 5. The van der Waals surface area contributed by atoms with E-state index in [9.17, 15) is 30.3 Å². The average Bonchev–Trinajstić information content (AvgIpc) is 3.35. The molecule has 69 heavy (non-hydrogen) atoms. The van der Waals surface area contributed by atoms with Gasteiger partial charge in [-0.3, -0.25) is 4.79 Å². The third kappa shape index (κ3) is 39.6. The molecule has 1 aliphatic rings. The van der Waals surface area contributed by atoms with Gasteiger partial charge in [0, 0.05) is 6.42 Å². The third-order valence-corrected chi connectivity index (χ3v) is 14.2. The maximum atomic E-state index is 13.0. The molecule has 7 unspecified atom stereocenters. The van der Waals surface area contributed by atoms with E-state index in [1.54, 1.807) is 6.08 Å². The Balaban J connectivity index is 2.20. The largest absolute Gasteiger partial charge is 0.394 e. The summed E-state index contributed by atoms with van der Waals surface area (Å²) < 4.78 is 11.3. The number of rotatable bonds is 51. The highest BCUT2D eigenvalue weighted by molar-refractivity contribution is 5.76. The molecule has 0 radical (unpaired) electrons. The number of carbonyl (C=O) groups excluding carboxylic acids is 1. The van der Waals surface area contributed by atoms with Crippen LogP contribution >= 0.6 is 0 Å². The van der Waals surface area contributed by atoms with Gasteiger partial charge in [-0.2, -0.15) is 0 Å². The molecule has 0 aromatic carbocycles. The van der Waals surface area contributed by atoms with Gasteiger partial charge < -0.3 is 40.3 Å². The summed E-state index contributed by atoms with van der Waals surface area (Å²) in [6, 6.07) is -0.810. The first-order valence-corrected chi connectivity index (χ1v) is 29.7. The highest BCUT2D eigenvalue weighted by Crippen LogP contribution is 2.23. The van der Waals surface area contributed by atoms with Crippen LogP contribution in [-0.4, -0.2) is 87.5 Å². The molecule has 0 aromatic rings. The van der Waals surface area contributed by atoms with Crippen LogP contribution in [0.4, 0.5) is 0 Å². The van der Waals surface area contributed by atoms with E-state index in [0.717, 1.165) is 57.8 Å². The minimum atomic E-state index is -1.57. The lowest BCUT2D eigenvalue weighted by Crippen LogP contribution is -2.60. The molecule has 1 amide bonds. The van der Waals surface area contributed by atoms with Gasteiger partial charge in [-0.05, 0) is 51.4 Å². The van der Waals surface area contributed by atoms with Crippen molar-refractivity contribution in [2.45, 2.75) is 326 Å². The maximum absolute atomic E-state index is 13.0. The topological polar surface area (TPSA) is 149 Å². The zero-order chi connectivity index (χ0) is 50.1. The predicted molar refractivity (Wildman–Crippen MR) is 290 cm³/mol. The summed E-state index contributed by atoms with van der Waals surface area (Å²) in [5, 5.41) is 54.5. The Hall–Kier alpha value is -1.59. The number of hydrogen-bond donors (Lipinski definition) is 6. The minimum Gasteiger partial charge on any atom is -0.394 e. The molecule has 9 heteroatoms. The predicted octanol–water partition coefficient (Wildman–Crippen LogP) is 14.7. The van der Waals surface area contributed by atoms with Crippen molar-refractivity contribution < 1.29 is 39.8 Å². The van der Waals surface area contributed by atoms with Gasteiger partial charge >= 0.3 is 0 Å². The van der Waals surface area contributed by atoms with Gasteiger partial charge in [-0.1, -0.05) is 262 Å². The van der Waals surface area contributed by atoms with Gasteiger partial charge in [-0.15, -0.1) is 0 Å². The van der Waals surface area contributed by atoms with Crippen LogP contribution in [0, 0.1) is 0 Å². The second-order valence-electron chi connectivity index (χ2n) is 20.8. The van der Waals surface area contributed by atoms with Crippen molar-refractivity contribution in [1.29, 1.82) is 0 Å². The molecule has 0 saturated carbocycles. The van der Waals surface area contributed by atoms with E-state index < -0.39 is 49.5 Å². The maximum Gasteiger partial charge on any atom is 0.220 e. The quantitative estimate of drug-likeness (QED) is 0.0261. The molecule has 1 heterocycles. The molecule has 6 N–H and O–H groups in total. The summed E-state index contributed by atoms with van der Waals surface area (Å²) in [4.78, 5) is 13.0. The second kappa shape index (κ2) is 50.0. The molecule has 0 bridgehead atoms. The van der Waals surface area contributed by atoms with Gasteiger partial charge in [0.25, 0.3) is 0 Å². The molecule has 406 valence electrons. The monoisotopic (exact) mass is 976 g/mol. The van der Waals surface area contributed by atoms with E-state index in [-0.39, 0.29) is 12.5 Å². The Bertz CT molecular complexity index is 1180. The van der Waals surface area contributed by atoms with E-state index in [1.807, 2.05) is 6.08 Å². The SMILES string of the molecule is CCCCCC/C=C\C/C=C\CCCCCCCCCC(=O)NC(COC1OC(CO)C(O)C(O)C1O)C(O)/C=C/CCCCCCCCCCCCCCCCCCCCCCCCCCCC. The lowest BCUT2D eigenvalue weighted by atomic mass is 9.99. The van der Waals surface area contributed by atoms with Crippen LogP contribution < -0.4 is 5.32 Å². The van der Waals surface area contributed by atoms with Crippen LogP contribution in [-0.2, 0) is 14.3 Å². The Labute approximate surface area is 425 Å². The number of amides is 1. The molecule has 1 rings (SSSR count). The zero-order valence-electron chi connectivity index (χ0n) is 45.1. The van der Waals surface area contributed by atoms with Crippen LogP contribution in [0.1, 0.15) is 284 Å². The molecular formula is C60H113NO8. The lowest BCUT2D eigenvalue weighted by Gasteiger charge is -2.40. The smallest absolute Gasteiger partial charge is 0.220 e. The van der Waals surface area contributed by atoms with Crippen LogP contribution in [0.25, 0.3) is 0 Å². The van der Waals surface area contributed by atoms with E-state index in [2.05, 4.69) is 43.5 Å². The average molecular weight is 977 g/mol. The normalized spacial score (nSPS) is 19.7. The molecular weight excluding hydrogens is 863 g/mol. The van der Waals surface area contributed by atoms with Crippen molar-refractivity contribution >= 4 is 5.91 Å². The number of nitrogens with one attached hydrogen (secondary N) is 1. The number of ether oxygens (including phenoxy) is 2. The number of allylic oxidation sites excluding steroid dienone is 5. The summed E-state index contributed by atoms with van der Waals surface area (Å²) in [6.45, 7) is 3.79. The first kappa shape index (κ1) is 65.4. The molecule has 1 saturated heterocycles. The number of unbranched alkanes of at least 4 members (excludes halogenated alkanes) is 37. The van der Waals surface area contributed by atoms with Crippen LogP contribution in [0.3, 0.4) is 0 Å². The first-order chi connectivity index (χ1) is 33.8. The zero-order valence-corrected chi connectivity index (χ0v) is 45.1. The second-order valence-corrected chi connectivity index (χ2v) is 20.8. The molecule has 0 spiro atoms. The van der Waals surface area contributed by atoms with E-state index in [4.69, 9.17) is 9.47 Å². The number of carbonyl (C=O) groups is 1. The van der Waals surface area contributed by atoms with E-state index in [1.165, 1.54) is 205 Å². The lowest BCUT2D eigenvalue weighted by molar-refractivity contribution is -0.302. The van der Waals surface area contributed by atoms with Crippen LogP contribution in [0.15, 0.2) is 36.5 Å². The van der Waals surface area contributed by atoms with E-state index in [0.29, 0.717) is 6.42 Å². The van der Waals surface area contributed by atoms with Crippen molar-refractivity contribution in [3.8, 4) is 0 Å². The Kier molecular flexibility index (Phi) is 47.4. The van der Waals surface area contributed by atoms with Gasteiger partial charge in [0.15, 0.2) is 6.29 Å². The fraction of sp³-hybridized carbons (Fsp3) is 0.883. The summed E-state index contributed by atoms with van der Waals surface area (Å²) >= 11 is 0. The standard InChI is InChI=1S/C60H113NO8/c1-3-5-7-9-11-13-15-17-19-21-23-24-25-26-27-28-29-30-31-32-33-35-37-39-41-43-45-47-49-54(63)53(52-68-60-59(67)58(66)57(65)55(51-62)69-60)61-56(64)50-48-46-44-42-40-38-36-34-22-20-18-16-14-12-10-8-6-4-2/h14,16,20,22,47,49,53-55,57-60,62-63,65-67H,3-13,15,17-19,21,23-46,48,50-52H2,1-2H3,(H,61,64)/b16-14-,22-20-,49-47+. The van der Waals surface area contributed by atoms with Crippen molar-refractivity contribution in [1.82, 2.24) is 5.32 Å². The minimum absolute atomic E-state index is 0.182. The van der Waals surface area contributed by atoms with Crippen LogP contribution in [0.2, 0.25) is 0 Å². The molecule has 1 aliphatic heterocycles. The third-order valence-electron chi connectivity index (χ3n) is 14.2. The Morgan fingerprint density at radius 2 is 0.855 bits per heavy atom. The van der Waals surface area contributed by atoms with Gasteiger partial charge in [0.1, 0.15) is 24.4 Å². The summed E-state index contributed by atoms with van der Waals surface area (Å²) in [6.07, 6.45) is 57.9. The van der Waals surface area contributed by atoms with Crippen molar-refractivity contribution in [2.24, 2.45) is 0 Å². The van der Waals surface area contributed by atoms with E-state index >= 15 is 0 Å². The summed E-state index contributed by atoms with van der Waals surface area (Å²) in [7, 11) is 0. The van der Waals surface area contributed by atoms with Gasteiger partial charge in [0.05, 0.1) is 25.4 Å². The fourth-order valence-corrected chi connectivity index (χ4v) is 9.48. The first-order valence-electron chi connectivity index (χ1n) is 29.7. The Morgan fingerprint density at radius 3 is 1.26 bits per heavy atom. The number of hydrogen-bond acceptors (Lipinski definition) is 8. The Morgan fingerprint density at radius 1 is 0.493 bits per heavy atom. The molecule has 1 fully saturated rings. The number of aliphatic hydroxyl groups excluding tert-OH is 5. The highest BCUT2D eigenvalue weighted by atomic mass is 16.7. The van der Waals surface area contributed by atoms with Crippen LogP contribution in [0.5, 0.6) is 0 Å². The fourth-order valence-electron chi connectivity index (χ4n) is 9.48. The van der Waals surface area contributed by atoms with Crippen molar-refractivity contribution in [3.05, 3.63) is 36.5 Å². The molecule has 9 nitrogen and oxygen atoms in total. The van der Waals surface area contributed by atoms with Crippen molar-refractivity contribution in [2.75, 3.05) is 13.2 Å².